The third-order valence-electron chi connectivity index (χ3n) is 5.24. The van der Waals surface area contributed by atoms with E-state index in [9.17, 15) is 22.4 Å². The van der Waals surface area contributed by atoms with E-state index in [1.807, 2.05) is 30.3 Å². The molecule has 3 aromatic rings. The zero-order valence-electron chi connectivity index (χ0n) is 17.1. The predicted molar refractivity (Wildman–Crippen MR) is 115 cm³/mol. The third kappa shape index (κ3) is 4.46. The maximum Gasteiger partial charge on any atom is 0.274 e. The summed E-state index contributed by atoms with van der Waals surface area (Å²) < 4.78 is 41.9. The van der Waals surface area contributed by atoms with Crippen molar-refractivity contribution in [3.05, 3.63) is 94.2 Å². The van der Waals surface area contributed by atoms with Crippen LogP contribution in [0.5, 0.6) is 0 Å². The monoisotopic (exact) mass is 456 g/mol. The number of sulfonamides is 1. The van der Waals surface area contributed by atoms with Crippen molar-refractivity contribution in [1.29, 1.82) is 0 Å². The lowest BCUT2D eigenvalue weighted by Crippen LogP contribution is -2.50. The van der Waals surface area contributed by atoms with Crippen LogP contribution in [0.2, 0.25) is 0 Å². The molecule has 1 aliphatic heterocycles. The van der Waals surface area contributed by atoms with Gasteiger partial charge in [0.05, 0.1) is 6.54 Å². The highest BCUT2D eigenvalue weighted by molar-refractivity contribution is 7.89. The van der Waals surface area contributed by atoms with Crippen LogP contribution in [0.4, 0.5) is 4.39 Å². The lowest BCUT2D eigenvalue weighted by atomic mass is 10.2. The first-order valence-corrected chi connectivity index (χ1v) is 11.5. The molecule has 0 spiro atoms. The summed E-state index contributed by atoms with van der Waals surface area (Å²) in [5, 5.41) is 4.20. The predicted octanol–water partition coefficient (Wildman–Crippen LogP) is 1.58. The van der Waals surface area contributed by atoms with Crippen molar-refractivity contribution in [2.75, 3.05) is 26.2 Å². The summed E-state index contributed by atoms with van der Waals surface area (Å²) in [6.07, 6.45) is 0. The minimum atomic E-state index is -3.99. The number of hydrogen-bond acceptors (Lipinski definition) is 5. The summed E-state index contributed by atoms with van der Waals surface area (Å²) in [4.78, 5) is 26.2. The van der Waals surface area contributed by atoms with Crippen molar-refractivity contribution in [1.82, 2.24) is 19.0 Å². The molecule has 166 valence electrons. The Morgan fingerprint density at radius 1 is 0.906 bits per heavy atom. The molecule has 0 aliphatic carbocycles. The molecule has 0 N–H and O–H groups in total. The molecular weight excluding hydrogens is 435 g/mol. The van der Waals surface area contributed by atoms with E-state index in [0.717, 1.165) is 11.6 Å². The van der Waals surface area contributed by atoms with Crippen molar-refractivity contribution in [3.63, 3.8) is 0 Å². The summed E-state index contributed by atoms with van der Waals surface area (Å²) >= 11 is 0. The van der Waals surface area contributed by atoms with Gasteiger partial charge in [-0.15, -0.1) is 0 Å². The Morgan fingerprint density at radius 3 is 2.25 bits per heavy atom. The number of carbonyl (C=O) groups is 1. The Labute approximate surface area is 184 Å². The molecule has 8 nitrogen and oxygen atoms in total. The van der Waals surface area contributed by atoms with E-state index in [1.54, 1.807) is 0 Å². The summed E-state index contributed by atoms with van der Waals surface area (Å²) in [5.41, 5.74) is 0.649. The van der Waals surface area contributed by atoms with Gasteiger partial charge in [0.1, 0.15) is 16.4 Å². The maximum atomic E-state index is 14.0. The Balaban J connectivity index is 1.46. The van der Waals surface area contributed by atoms with Crippen molar-refractivity contribution in [2.24, 2.45) is 0 Å². The second-order valence-corrected chi connectivity index (χ2v) is 9.23. The largest absolute Gasteiger partial charge is 0.335 e. The molecule has 0 bridgehead atoms. The summed E-state index contributed by atoms with van der Waals surface area (Å²) in [6, 6.07) is 17.2. The molecule has 0 radical (unpaired) electrons. The summed E-state index contributed by atoms with van der Waals surface area (Å²) in [5.74, 6) is -1.20. The molecule has 1 saturated heterocycles. The Morgan fingerprint density at radius 2 is 1.56 bits per heavy atom. The topological polar surface area (TPSA) is 92.6 Å². The van der Waals surface area contributed by atoms with Gasteiger partial charge >= 0.3 is 0 Å². The Bertz CT molecular complexity index is 1290. The normalized spacial score (nSPS) is 15.0. The standard InChI is InChI=1S/C22H21FN4O4S/c23-18-8-4-5-9-20(18)32(30,31)26-14-12-25(13-15-26)22(29)19-10-11-21(28)27(24-19)16-17-6-2-1-3-7-17/h1-11H,12-16H2. The Hall–Kier alpha value is -3.37. The SMILES string of the molecule is O=C(c1ccc(=O)n(Cc2ccccc2)n1)N1CCN(S(=O)(=O)c2ccccc2F)CC1. The van der Waals surface area contributed by atoms with Crippen LogP contribution in [-0.4, -0.2) is 59.5 Å². The van der Waals surface area contributed by atoms with E-state index in [-0.39, 0.29) is 48.9 Å². The molecule has 1 aromatic heterocycles. The number of amides is 1. The number of carbonyl (C=O) groups excluding carboxylic acids is 1. The zero-order chi connectivity index (χ0) is 22.7. The van der Waals surface area contributed by atoms with Gasteiger partial charge in [0, 0.05) is 32.2 Å². The second kappa shape index (κ2) is 9.01. The quantitative estimate of drug-likeness (QED) is 0.581. The first-order chi connectivity index (χ1) is 15.4. The van der Waals surface area contributed by atoms with E-state index in [1.165, 1.54) is 44.2 Å². The fourth-order valence-corrected chi connectivity index (χ4v) is 5.01. The molecule has 1 fully saturated rings. The highest BCUT2D eigenvalue weighted by atomic mass is 32.2. The van der Waals surface area contributed by atoms with E-state index in [2.05, 4.69) is 5.10 Å². The molecule has 0 saturated carbocycles. The molecule has 0 unspecified atom stereocenters. The summed E-state index contributed by atoms with van der Waals surface area (Å²) in [6.45, 7) is 0.561. The number of benzene rings is 2. The molecule has 0 atom stereocenters. The van der Waals surface area contributed by atoms with Crippen LogP contribution in [0.25, 0.3) is 0 Å². The number of halogens is 1. The lowest BCUT2D eigenvalue weighted by Gasteiger charge is -2.33. The third-order valence-corrected chi connectivity index (χ3v) is 7.17. The van der Waals surface area contributed by atoms with Crippen LogP contribution in [0, 0.1) is 5.82 Å². The van der Waals surface area contributed by atoms with Crippen molar-refractivity contribution >= 4 is 15.9 Å². The van der Waals surface area contributed by atoms with Gasteiger partial charge in [0.2, 0.25) is 10.0 Å². The number of nitrogens with zero attached hydrogens (tertiary/aromatic N) is 4. The van der Waals surface area contributed by atoms with Crippen molar-refractivity contribution in [3.8, 4) is 0 Å². The minimum Gasteiger partial charge on any atom is -0.335 e. The van der Waals surface area contributed by atoms with Crippen LogP contribution in [0.3, 0.4) is 0 Å². The van der Waals surface area contributed by atoms with Crippen LogP contribution < -0.4 is 5.56 Å². The lowest BCUT2D eigenvalue weighted by molar-refractivity contribution is 0.0689. The molecule has 2 aromatic carbocycles. The molecule has 10 heteroatoms. The zero-order valence-corrected chi connectivity index (χ0v) is 17.9. The fraction of sp³-hybridized carbons (Fsp3) is 0.227. The first-order valence-electron chi connectivity index (χ1n) is 10.0. The van der Waals surface area contributed by atoms with Gasteiger partial charge < -0.3 is 4.90 Å². The average Bonchev–Trinajstić information content (AvgIpc) is 2.81. The van der Waals surface area contributed by atoms with Crippen LogP contribution in [0.15, 0.2) is 76.4 Å². The van der Waals surface area contributed by atoms with Crippen LogP contribution >= 0.6 is 0 Å². The number of aromatic nitrogens is 2. The van der Waals surface area contributed by atoms with Gasteiger partial charge in [0.15, 0.2) is 0 Å². The van der Waals surface area contributed by atoms with Gasteiger partial charge in [-0.25, -0.2) is 17.5 Å². The van der Waals surface area contributed by atoms with E-state index < -0.39 is 21.7 Å². The highest BCUT2D eigenvalue weighted by Gasteiger charge is 2.32. The first kappa shape index (κ1) is 21.8. The minimum absolute atomic E-state index is 0.0338. The number of rotatable bonds is 5. The fourth-order valence-electron chi connectivity index (χ4n) is 3.52. The average molecular weight is 456 g/mol. The van der Waals surface area contributed by atoms with Gasteiger partial charge in [-0.05, 0) is 23.8 Å². The number of hydrogen-bond donors (Lipinski definition) is 0. The molecule has 1 aliphatic rings. The second-order valence-electron chi connectivity index (χ2n) is 7.33. The molecule has 32 heavy (non-hydrogen) atoms. The molecular formula is C22H21FN4O4S. The molecule has 4 rings (SSSR count). The van der Waals surface area contributed by atoms with Crippen LogP contribution in [-0.2, 0) is 16.6 Å². The van der Waals surface area contributed by atoms with Gasteiger partial charge in [-0.2, -0.15) is 9.40 Å². The van der Waals surface area contributed by atoms with Gasteiger partial charge in [0.25, 0.3) is 11.5 Å². The van der Waals surface area contributed by atoms with E-state index in [4.69, 9.17) is 0 Å². The Kier molecular flexibility index (Phi) is 6.15. The van der Waals surface area contributed by atoms with E-state index in [0.29, 0.717) is 0 Å². The maximum absolute atomic E-state index is 14.0. The van der Waals surface area contributed by atoms with Crippen molar-refractivity contribution in [2.45, 2.75) is 11.4 Å². The highest BCUT2D eigenvalue weighted by Crippen LogP contribution is 2.20. The van der Waals surface area contributed by atoms with Gasteiger partial charge in [-0.3, -0.25) is 9.59 Å². The molecule has 2 heterocycles. The summed E-state index contributed by atoms with van der Waals surface area (Å²) in [7, 11) is -3.99. The smallest absolute Gasteiger partial charge is 0.274 e. The van der Waals surface area contributed by atoms with E-state index >= 15 is 0 Å². The van der Waals surface area contributed by atoms with Gasteiger partial charge in [-0.1, -0.05) is 42.5 Å². The number of piperazine rings is 1. The molecule has 1 amide bonds. The van der Waals surface area contributed by atoms with Crippen LogP contribution in [0.1, 0.15) is 16.1 Å². The van der Waals surface area contributed by atoms with Crippen molar-refractivity contribution < 1.29 is 17.6 Å².